The van der Waals surface area contributed by atoms with Crippen molar-refractivity contribution >= 4 is 0 Å². The lowest BCUT2D eigenvalue weighted by molar-refractivity contribution is 0.000332. The zero-order valence-electron chi connectivity index (χ0n) is 13.4. The SMILES string of the molecule is CCC1CN2CCC1CC2CNCc1ccc2c(c1)OCO2. The van der Waals surface area contributed by atoms with Crippen molar-refractivity contribution in [2.45, 2.75) is 38.8 Å². The standard InChI is InChI=1S/C18H26N2O2/c1-2-14-11-20-6-5-15(14)8-16(20)10-19-9-13-3-4-17-18(7-13)22-12-21-17/h3-4,7,14-16,19H,2,5-6,8-12H2,1H3. The van der Waals surface area contributed by atoms with E-state index in [1.54, 1.807) is 0 Å². The monoisotopic (exact) mass is 302 g/mol. The van der Waals surface area contributed by atoms with Crippen LogP contribution < -0.4 is 14.8 Å². The molecule has 1 aromatic rings. The number of hydrogen-bond acceptors (Lipinski definition) is 4. The first kappa shape index (κ1) is 14.3. The van der Waals surface area contributed by atoms with E-state index in [2.05, 4.69) is 29.3 Å². The van der Waals surface area contributed by atoms with Crippen molar-refractivity contribution in [1.82, 2.24) is 10.2 Å². The number of benzene rings is 1. The Morgan fingerprint density at radius 1 is 1.27 bits per heavy atom. The van der Waals surface area contributed by atoms with E-state index in [0.717, 1.165) is 42.5 Å². The van der Waals surface area contributed by atoms with Gasteiger partial charge in [0.25, 0.3) is 0 Å². The Morgan fingerprint density at radius 2 is 2.18 bits per heavy atom. The minimum absolute atomic E-state index is 0.350. The van der Waals surface area contributed by atoms with Crippen molar-refractivity contribution < 1.29 is 9.47 Å². The van der Waals surface area contributed by atoms with Crippen LogP contribution in [-0.2, 0) is 6.54 Å². The lowest BCUT2D eigenvalue weighted by Crippen LogP contribution is -2.56. The summed E-state index contributed by atoms with van der Waals surface area (Å²) in [4.78, 5) is 2.71. The number of nitrogens with one attached hydrogen (secondary N) is 1. The molecule has 0 amide bonds. The zero-order chi connectivity index (χ0) is 14.9. The zero-order valence-corrected chi connectivity index (χ0v) is 13.4. The largest absolute Gasteiger partial charge is 0.454 e. The van der Waals surface area contributed by atoms with Crippen LogP contribution in [0.25, 0.3) is 0 Å². The molecule has 1 aromatic carbocycles. The number of hydrogen-bond donors (Lipinski definition) is 1. The highest BCUT2D eigenvalue weighted by atomic mass is 16.7. The van der Waals surface area contributed by atoms with E-state index < -0.39 is 0 Å². The van der Waals surface area contributed by atoms with Gasteiger partial charge in [0.05, 0.1) is 0 Å². The van der Waals surface area contributed by atoms with Crippen molar-refractivity contribution in [3.63, 3.8) is 0 Å². The number of ether oxygens (including phenoxy) is 2. The fraction of sp³-hybridized carbons (Fsp3) is 0.667. The Kier molecular flexibility index (Phi) is 3.97. The summed E-state index contributed by atoms with van der Waals surface area (Å²) in [6.45, 7) is 7.32. The molecule has 4 heteroatoms. The molecule has 4 aliphatic heterocycles. The van der Waals surface area contributed by atoms with Crippen LogP contribution in [0.1, 0.15) is 31.7 Å². The van der Waals surface area contributed by atoms with Gasteiger partial charge in [-0.3, -0.25) is 4.90 Å². The minimum atomic E-state index is 0.350. The van der Waals surface area contributed by atoms with E-state index in [1.165, 1.54) is 37.9 Å². The van der Waals surface area contributed by atoms with Gasteiger partial charge in [0.15, 0.2) is 11.5 Å². The molecule has 4 nitrogen and oxygen atoms in total. The predicted molar refractivity (Wildman–Crippen MR) is 86.1 cm³/mol. The average Bonchev–Trinajstić information content (AvgIpc) is 3.03. The first-order valence-corrected chi connectivity index (χ1v) is 8.66. The Hall–Kier alpha value is -1.26. The molecule has 4 unspecified atom stereocenters. The molecule has 1 N–H and O–H groups in total. The summed E-state index contributed by atoms with van der Waals surface area (Å²) in [5.74, 6) is 3.65. The summed E-state index contributed by atoms with van der Waals surface area (Å²) in [5.41, 5.74) is 1.27. The summed E-state index contributed by atoms with van der Waals surface area (Å²) in [6, 6.07) is 6.96. The van der Waals surface area contributed by atoms with Crippen molar-refractivity contribution in [1.29, 1.82) is 0 Å². The van der Waals surface area contributed by atoms with E-state index >= 15 is 0 Å². The highest BCUT2D eigenvalue weighted by molar-refractivity contribution is 5.44. The Bertz CT molecular complexity index is 534. The summed E-state index contributed by atoms with van der Waals surface area (Å²) in [5, 5.41) is 3.64. The fourth-order valence-electron chi connectivity index (χ4n) is 4.36. The topological polar surface area (TPSA) is 33.7 Å². The summed E-state index contributed by atoms with van der Waals surface area (Å²) < 4.78 is 10.8. The van der Waals surface area contributed by atoms with Gasteiger partial charge in [-0.15, -0.1) is 0 Å². The molecular weight excluding hydrogens is 276 g/mol. The highest BCUT2D eigenvalue weighted by Crippen LogP contribution is 2.37. The van der Waals surface area contributed by atoms with Crippen LogP contribution in [0.4, 0.5) is 0 Å². The third-order valence-electron chi connectivity index (χ3n) is 5.68. The van der Waals surface area contributed by atoms with Gasteiger partial charge in [-0.25, -0.2) is 0 Å². The summed E-state index contributed by atoms with van der Waals surface area (Å²) in [7, 11) is 0. The fourth-order valence-corrected chi connectivity index (χ4v) is 4.36. The first-order chi connectivity index (χ1) is 10.8. The van der Waals surface area contributed by atoms with Crippen LogP contribution >= 0.6 is 0 Å². The lowest BCUT2D eigenvalue weighted by Gasteiger charge is -2.50. The van der Waals surface area contributed by atoms with Gasteiger partial charge in [-0.2, -0.15) is 0 Å². The maximum absolute atomic E-state index is 5.44. The molecule has 5 rings (SSSR count). The van der Waals surface area contributed by atoms with E-state index in [1.807, 2.05) is 6.07 Å². The van der Waals surface area contributed by atoms with Gasteiger partial charge in [0.2, 0.25) is 6.79 Å². The van der Waals surface area contributed by atoms with Crippen molar-refractivity contribution in [2.75, 3.05) is 26.4 Å². The van der Waals surface area contributed by atoms with Gasteiger partial charge in [-0.1, -0.05) is 19.4 Å². The van der Waals surface area contributed by atoms with Gasteiger partial charge >= 0.3 is 0 Å². The van der Waals surface area contributed by atoms with Crippen LogP contribution in [-0.4, -0.2) is 37.4 Å². The second-order valence-corrected chi connectivity index (χ2v) is 6.92. The summed E-state index contributed by atoms with van der Waals surface area (Å²) >= 11 is 0. The molecule has 0 radical (unpaired) electrons. The second kappa shape index (κ2) is 6.09. The molecule has 0 aromatic heterocycles. The molecule has 4 atom stereocenters. The molecule has 0 aliphatic carbocycles. The number of fused-ring (bicyclic) bond motifs is 4. The molecule has 0 spiro atoms. The number of nitrogens with zero attached hydrogens (tertiary/aromatic N) is 1. The second-order valence-electron chi connectivity index (χ2n) is 6.92. The van der Waals surface area contributed by atoms with Crippen LogP contribution in [0.2, 0.25) is 0 Å². The molecule has 0 saturated carbocycles. The molecule has 3 saturated heterocycles. The van der Waals surface area contributed by atoms with Crippen molar-refractivity contribution in [3.8, 4) is 11.5 Å². The molecule has 2 bridgehead atoms. The third-order valence-corrected chi connectivity index (χ3v) is 5.68. The number of rotatable bonds is 5. The molecule has 3 fully saturated rings. The smallest absolute Gasteiger partial charge is 0.231 e. The van der Waals surface area contributed by atoms with Crippen LogP contribution in [0.3, 0.4) is 0 Å². The van der Waals surface area contributed by atoms with Gasteiger partial charge in [-0.05, 0) is 48.9 Å². The van der Waals surface area contributed by atoms with Crippen LogP contribution in [0, 0.1) is 11.8 Å². The van der Waals surface area contributed by atoms with Gasteiger partial charge < -0.3 is 14.8 Å². The van der Waals surface area contributed by atoms with Gasteiger partial charge in [0, 0.05) is 25.7 Å². The van der Waals surface area contributed by atoms with E-state index in [-0.39, 0.29) is 0 Å². The Morgan fingerprint density at radius 3 is 3.00 bits per heavy atom. The number of piperidine rings is 3. The quantitative estimate of drug-likeness (QED) is 0.906. The minimum Gasteiger partial charge on any atom is -0.454 e. The highest BCUT2D eigenvalue weighted by Gasteiger charge is 2.38. The Labute approximate surface area is 132 Å². The van der Waals surface area contributed by atoms with E-state index in [9.17, 15) is 0 Å². The Balaban J connectivity index is 1.29. The van der Waals surface area contributed by atoms with Crippen LogP contribution in [0.15, 0.2) is 18.2 Å². The summed E-state index contributed by atoms with van der Waals surface area (Å²) in [6.07, 6.45) is 4.14. The van der Waals surface area contributed by atoms with Crippen molar-refractivity contribution in [2.24, 2.45) is 11.8 Å². The normalized spacial score (nSPS) is 32.4. The molecule has 4 heterocycles. The third kappa shape index (κ3) is 2.70. The molecule has 120 valence electrons. The maximum atomic E-state index is 5.44. The van der Waals surface area contributed by atoms with Gasteiger partial charge in [0.1, 0.15) is 0 Å². The van der Waals surface area contributed by atoms with Crippen LogP contribution in [0.5, 0.6) is 11.5 Å². The average molecular weight is 302 g/mol. The molecule has 4 aliphatic rings. The lowest BCUT2D eigenvalue weighted by atomic mass is 9.74. The van der Waals surface area contributed by atoms with E-state index in [4.69, 9.17) is 9.47 Å². The maximum Gasteiger partial charge on any atom is 0.231 e. The van der Waals surface area contributed by atoms with E-state index in [0.29, 0.717) is 6.79 Å². The first-order valence-electron chi connectivity index (χ1n) is 8.66. The van der Waals surface area contributed by atoms with Crippen molar-refractivity contribution in [3.05, 3.63) is 23.8 Å². The molecule has 22 heavy (non-hydrogen) atoms. The predicted octanol–water partition coefficient (Wildman–Crippen LogP) is 2.63. The molecular formula is C18H26N2O2.